The van der Waals surface area contributed by atoms with Crippen LogP contribution in [-0.2, 0) is 12.8 Å². The van der Waals surface area contributed by atoms with Crippen molar-refractivity contribution in [3.8, 4) is 0 Å². The lowest BCUT2D eigenvalue weighted by Gasteiger charge is -2.07. The molecule has 0 aromatic heterocycles. The van der Waals surface area contributed by atoms with E-state index >= 15 is 0 Å². The van der Waals surface area contributed by atoms with Gasteiger partial charge >= 0.3 is 0 Å². The maximum absolute atomic E-state index is 12.5. The van der Waals surface area contributed by atoms with E-state index in [0.717, 1.165) is 36.0 Å². The average Bonchev–Trinajstić information content (AvgIpc) is 2.47. The molecule has 0 fully saturated rings. The normalized spacial score (nSPS) is 10.4. The van der Waals surface area contributed by atoms with Crippen LogP contribution in [0.2, 0.25) is 0 Å². The summed E-state index contributed by atoms with van der Waals surface area (Å²) in [6.45, 7) is 4.24. The van der Waals surface area contributed by atoms with E-state index in [1.54, 1.807) is 0 Å². The van der Waals surface area contributed by atoms with Gasteiger partial charge in [-0.25, -0.2) is 0 Å². The van der Waals surface area contributed by atoms with Crippen molar-refractivity contribution < 1.29 is 4.79 Å². The SMILES string of the molecule is CCCc1ccc(C(=O)c2ccccc2CC)cc1. The fourth-order valence-electron chi connectivity index (χ4n) is 2.32. The lowest BCUT2D eigenvalue weighted by atomic mass is 9.96. The molecule has 0 N–H and O–H groups in total. The molecule has 1 nitrogen and oxygen atoms in total. The molecule has 2 rings (SSSR count). The number of carbonyl (C=O) groups is 1. The second kappa shape index (κ2) is 6.33. The van der Waals surface area contributed by atoms with Gasteiger partial charge in [0.2, 0.25) is 0 Å². The van der Waals surface area contributed by atoms with Crippen molar-refractivity contribution in [1.29, 1.82) is 0 Å². The van der Waals surface area contributed by atoms with E-state index in [0.29, 0.717) is 0 Å². The van der Waals surface area contributed by atoms with E-state index in [-0.39, 0.29) is 5.78 Å². The predicted octanol–water partition coefficient (Wildman–Crippen LogP) is 4.43. The lowest BCUT2D eigenvalue weighted by molar-refractivity contribution is 0.103. The summed E-state index contributed by atoms with van der Waals surface area (Å²) in [6.07, 6.45) is 3.09. The lowest BCUT2D eigenvalue weighted by Crippen LogP contribution is -2.05. The average molecular weight is 252 g/mol. The van der Waals surface area contributed by atoms with Crippen LogP contribution in [0.25, 0.3) is 0 Å². The Balaban J connectivity index is 2.28. The molecule has 2 aromatic carbocycles. The number of benzene rings is 2. The van der Waals surface area contributed by atoms with Gasteiger partial charge in [0.15, 0.2) is 5.78 Å². The van der Waals surface area contributed by atoms with Crippen molar-refractivity contribution >= 4 is 5.78 Å². The number of aryl methyl sites for hydroxylation is 2. The molecule has 2 aromatic rings. The van der Waals surface area contributed by atoms with E-state index in [2.05, 4.69) is 26.0 Å². The highest BCUT2D eigenvalue weighted by Crippen LogP contribution is 2.16. The van der Waals surface area contributed by atoms with Gasteiger partial charge in [0, 0.05) is 11.1 Å². The summed E-state index contributed by atoms with van der Waals surface area (Å²) in [6, 6.07) is 15.9. The van der Waals surface area contributed by atoms with Gasteiger partial charge in [-0.15, -0.1) is 0 Å². The topological polar surface area (TPSA) is 17.1 Å². The Morgan fingerprint density at radius 2 is 1.63 bits per heavy atom. The Labute approximate surface area is 115 Å². The number of hydrogen-bond acceptors (Lipinski definition) is 1. The molecule has 0 amide bonds. The Morgan fingerprint density at radius 1 is 0.947 bits per heavy atom. The number of rotatable bonds is 5. The van der Waals surface area contributed by atoms with Crippen molar-refractivity contribution in [3.05, 3.63) is 70.8 Å². The molecule has 0 saturated carbocycles. The minimum absolute atomic E-state index is 0.125. The van der Waals surface area contributed by atoms with Crippen LogP contribution >= 0.6 is 0 Å². The Kier molecular flexibility index (Phi) is 4.51. The zero-order valence-electron chi connectivity index (χ0n) is 11.6. The van der Waals surface area contributed by atoms with Crippen LogP contribution in [0.1, 0.15) is 47.3 Å². The Morgan fingerprint density at radius 3 is 2.26 bits per heavy atom. The molecule has 0 atom stereocenters. The summed E-state index contributed by atoms with van der Waals surface area (Å²) < 4.78 is 0. The molecule has 0 aliphatic heterocycles. The first-order chi connectivity index (χ1) is 9.26. The molecule has 1 heteroatoms. The summed E-state index contributed by atoms with van der Waals surface area (Å²) in [5, 5.41) is 0. The van der Waals surface area contributed by atoms with Crippen LogP contribution in [0.15, 0.2) is 48.5 Å². The van der Waals surface area contributed by atoms with Gasteiger partial charge in [0.25, 0.3) is 0 Å². The molecular weight excluding hydrogens is 232 g/mol. The summed E-state index contributed by atoms with van der Waals surface area (Å²) in [5.74, 6) is 0.125. The van der Waals surface area contributed by atoms with Gasteiger partial charge in [-0.3, -0.25) is 4.79 Å². The van der Waals surface area contributed by atoms with Crippen LogP contribution in [-0.4, -0.2) is 5.78 Å². The predicted molar refractivity (Wildman–Crippen MR) is 79.7 cm³/mol. The molecule has 0 radical (unpaired) electrons. The first-order valence-electron chi connectivity index (χ1n) is 6.97. The fourth-order valence-corrected chi connectivity index (χ4v) is 2.32. The number of hydrogen-bond donors (Lipinski definition) is 0. The number of carbonyl (C=O) groups excluding carboxylic acids is 1. The van der Waals surface area contributed by atoms with Crippen molar-refractivity contribution in [2.45, 2.75) is 33.1 Å². The minimum atomic E-state index is 0.125. The van der Waals surface area contributed by atoms with Crippen LogP contribution in [0.5, 0.6) is 0 Å². The molecule has 0 aliphatic rings. The van der Waals surface area contributed by atoms with Crippen molar-refractivity contribution in [2.75, 3.05) is 0 Å². The van der Waals surface area contributed by atoms with E-state index in [1.807, 2.05) is 36.4 Å². The van der Waals surface area contributed by atoms with Gasteiger partial charge in [-0.1, -0.05) is 68.8 Å². The van der Waals surface area contributed by atoms with Gasteiger partial charge in [0.05, 0.1) is 0 Å². The highest BCUT2D eigenvalue weighted by molar-refractivity contribution is 6.09. The third-order valence-corrected chi connectivity index (χ3v) is 3.40. The molecular formula is C18H20O. The largest absolute Gasteiger partial charge is 0.289 e. The molecule has 0 heterocycles. The maximum Gasteiger partial charge on any atom is 0.193 e. The smallest absolute Gasteiger partial charge is 0.193 e. The third-order valence-electron chi connectivity index (χ3n) is 3.40. The molecule has 98 valence electrons. The first kappa shape index (κ1) is 13.5. The zero-order chi connectivity index (χ0) is 13.7. The maximum atomic E-state index is 12.5. The molecule has 0 spiro atoms. The molecule has 0 aliphatic carbocycles. The Hall–Kier alpha value is -1.89. The van der Waals surface area contributed by atoms with Crippen LogP contribution < -0.4 is 0 Å². The van der Waals surface area contributed by atoms with Crippen molar-refractivity contribution in [1.82, 2.24) is 0 Å². The minimum Gasteiger partial charge on any atom is -0.289 e. The second-order valence-corrected chi connectivity index (χ2v) is 4.79. The quantitative estimate of drug-likeness (QED) is 0.719. The van der Waals surface area contributed by atoms with E-state index in [9.17, 15) is 4.79 Å². The monoisotopic (exact) mass is 252 g/mol. The van der Waals surface area contributed by atoms with Crippen molar-refractivity contribution in [2.24, 2.45) is 0 Å². The summed E-state index contributed by atoms with van der Waals surface area (Å²) in [7, 11) is 0. The standard InChI is InChI=1S/C18H20O/c1-3-7-14-10-12-16(13-11-14)18(19)17-9-6-5-8-15(17)4-2/h5-6,8-13H,3-4,7H2,1-2H3. The van der Waals surface area contributed by atoms with E-state index in [4.69, 9.17) is 0 Å². The van der Waals surface area contributed by atoms with Crippen LogP contribution in [0, 0.1) is 0 Å². The summed E-state index contributed by atoms with van der Waals surface area (Å²) >= 11 is 0. The fraction of sp³-hybridized carbons (Fsp3) is 0.278. The van der Waals surface area contributed by atoms with E-state index < -0.39 is 0 Å². The van der Waals surface area contributed by atoms with Gasteiger partial charge < -0.3 is 0 Å². The second-order valence-electron chi connectivity index (χ2n) is 4.79. The van der Waals surface area contributed by atoms with Crippen molar-refractivity contribution in [3.63, 3.8) is 0 Å². The summed E-state index contributed by atoms with van der Waals surface area (Å²) in [5.41, 5.74) is 4.02. The van der Waals surface area contributed by atoms with Crippen LogP contribution in [0.4, 0.5) is 0 Å². The summed E-state index contributed by atoms with van der Waals surface area (Å²) in [4.78, 5) is 12.5. The zero-order valence-corrected chi connectivity index (χ0v) is 11.6. The first-order valence-corrected chi connectivity index (χ1v) is 6.97. The van der Waals surface area contributed by atoms with Gasteiger partial charge in [-0.2, -0.15) is 0 Å². The molecule has 0 bridgehead atoms. The Bertz CT molecular complexity index is 552. The molecule has 0 unspecified atom stereocenters. The molecule has 19 heavy (non-hydrogen) atoms. The third kappa shape index (κ3) is 3.11. The number of ketones is 1. The van der Waals surface area contributed by atoms with Crippen LogP contribution in [0.3, 0.4) is 0 Å². The molecule has 0 saturated heterocycles. The highest BCUT2D eigenvalue weighted by Gasteiger charge is 2.11. The van der Waals surface area contributed by atoms with Gasteiger partial charge in [-0.05, 0) is 24.0 Å². The van der Waals surface area contributed by atoms with E-state index in [1.165, 1.54) is 5.56 Å². The highest BCUT2D eigenvalue weighted by atomic mass is 16.1. The van der Waals surface area contributed by atoms with Gasteiger partial charge in [0.1, 0.15) is 0 Å².